The summed E-state index contributed by atoms with van der Waals surface area (Å²) in [5.74, 6) is -0.258. The molecule has 0 spiro atoms. The van der Waals surface area contributed by atoms with Crippen molar-refractivity contribution < 1.29 is 4.39 Å². The SMILES string of the molecule is CC(C)(C)c1cnn(-c2ccccc2F)c1. The Hall–Kier alpha value is -1.64. The summed E-state index contributed by atoms with van der Waals surface area (Å²) in [5.41, 5.74) is 1.61. The first-order valence-corrected chi connectivity index (χ1v) is 5.28. The third-order valence-electron chi connectivity index (χ3n) is 2.55. The third-order valence-corrected chi connectivity index (χ3v) is 2.55. The molecule has 1 aromatic carbocycles. The van der Waals surface area contributed by atoms with E-state index in [0.717, 1.165) is 5.56 Å². The highest BCUT2D eigenvalue weighted by Gasteiger charge is 2.16. The third kappa shape index (κ3) is 1.98. The molecule has 16 heavy (non-hydrogen) atoms. The fraction of sp³-hybridized carbons (Fsp3) is 0.308. The summed E-state index contributed by atoms with van der Waals surface area (Å²) >= 11 is 0. The highest BCUT2D eigenvalue weighted by atomic mass is 19.1. The van der Waals surface area contributed by atoms with Crippen LogP contribution < -0.4 is 0 Å². The van der Waals surface area contributed by atoms with Gasteiger partial charge in [0.25, 0.3) is 0 Å². The smallest absolute Gasteiger partial charge is 0.148 e. The van der Waals surface area contributed by atoms with Crippen LogP contribution in [0.5, 0.6) is 0 Å². The zero-order chi connectivity index (χ0) is 11.8. The van der Waals surface area contributed by atoms with Gasteiger partial charge in [-0.3, -0.25) is 0 Å². The number of rotatable bonds is 1. The Morgan fingerprint density at radius 2 is 1.88 bits per heavy atom. The molecule has 2 aromatic rings. The van der Waals surface area contributed by atoms with Crippen LogP contribution in [-0.2, 0) is 5.41 Å². The molecule has 1 aromatic heterocycles. The molecule has 3 heteroatoms. The minimum absolute atomic E-state index is 0.0313. The molecule has 0 saturated carbocycles. The van der Waals surface area contributed by atoms with Gasteiger partial charge in [0.1, 0.15) is 11.5 Å². The molecule has 1 heterocycles. The van der Waals surface area contributed by atoms with Gasteiger partial charge in [-0.15, -0.1) is 0 Å². The maximum absolute atomic E-state index is 13.5. The minimum atomic E-state index is -0.258. The predicted octanol–water partition coefficient (Wildman–Crippen LogP) is 3.31. The molecular weight excluding hydrogens is 203 g/mol. The molecule has 0 aliphatic carbocycles. The first-order chi connectivity index (χ1) is 7.48. The van der Waals surface area contributed by atoms with Gasteiger partial charge in [0.05, 0.1) is 6.20 Å². The zero-order valence-electron chi connectivity index (χ0n) is 9.74. The van der Waals surface area contributed by atoms with E-state index in [-0.39, 0.29) is 11.2 Å². The number of nitrogens with zero attached hydrogens (tertiary/aromatic N) is 2. The maximum atomic E-state index is 13.5. The molecule has 0 bridgehead atoms. The highest BCUT2D eigenvalue weighted by molar-refractivity contribution is 5.33. The van der Waals surface area contributed by atoms with Crippen molar-refractivity contribution in [1.82, 2.24) is 9.78 Å². The highest BCUT2D eigenvalue weighted by Crippen LogP contribution is 2.22. The van der Waals surface area contributed by atoms with Crippen LogP contribution in [-0.4, -0.2) is 9.78 Å². The van der Waals surface area contributed by atoms with Crippen LogP contribution in [0.2, 0.25) is 0 Å². The van der Waals surface area contributed by atoms with Gasteiger partial charge in [0.15, 0.2) is 0 Å². The van der Waals surface area contributed by atoms with Crippen molar-refractivity contribution in [3.8, 4) is 5.69 Å². The fourth-order valence-electron chi connectivity index (χ4n) is 1.48. The van der Waals surface area contributed by atoms with Crippen molar-refractivity contribution in [2.24, 2.45) is 0 Å². The van der Waals surface area contributed by atoms with Crippen LogP contribution >= 0.6 is 0 Å². The van der Waals surface area contributed by atoms with Gasteiger partial charge >= 0.3 is 0 Å². The Bertz CT molecular complexity index is 495. The molecule has 0 amide bonds. The summed E-state index contributed by atoms with van der Waals surface area (Å²) in [6, 6.07) is 6.63. The molecule has 0 N–H and O–H groups in total. The summed E-state index contributed by atoms with van der Waals surface area (Å²) in [7, 11) is 0. The molecule has 0 aliphatic rings. The van der Waals surface area contributed by atoms with Gasteiger partial charge in [-0.2, -0.15) is 5.10 Å². The Labute approximate surface area is 94.7 Å². The largest absolute Gasteiger partial charge is 0.238 e. The predicted molar refractivity (Wildman–Crippen MR) is 62.2 cm³/mol. The topological polar surface area (TPSA) is 17.8 Å². The van der Waals surface area contributed by atoms with Crippen molar-refractivity contribution in [1.29, 1.82) is 0 Å². The molecular formula is C13H15FN2. The van der Waals surface area contributed by atoms with E-state index >= 15 is 0 Å². The Balaban J connectivity index is 2.44. The van der Waals surface area contributed by atoms with E-state index < -0.39 is 0 Å². The standard InChI is InChI=1S/C13H15FN2/c1-13(2,3)10-8-15-16(9-10)12-7-5-4-6-11(12)14/h4-9H,1-3H3. The molecule has 0 fully saturated rings. The van der Waals surface area contributed by atoms with Gasteiger partial charge in [-0.25, -0.2) is 9.07 Å². The lowest BCUT2D eigenvalue weighted by Gasteiger charge is -2.15. The lowest BCUT2D eigenvalue weighted by Crippen LogP contribution is -2.09. The number of para-hydroxylation sites is 1. The van der Waals surface area contributed by atoms with Crippen LogP contribution in [0.15, 0.2) is 36.7 Å². The molecule has 2 rings (SSSR count). The zero-order valence-corrected chi connectivity index (χ0v) is 9.74. The van der Waals surface area contributed by atoms with E-state index in [9.17, 15) is 4.39 Å². The van der Waals surface area contributed by atoms with Crippen molar-refractivity contribution in [2.75, 3.05) is 0 Å². The monoisotopic (exact) mass is 218 g/mol. The van der Waals surface area contributed by atoms with Gasteiger partial charge in [0.2, 0.25) is 0 Å². The van der Waals surface area contributed by atoms with E-state index in [1.807, 2.05) is 6.20 Å². The second kappa shape index (κ2) is 3.74. The van der Waals surface area contributed by atoms with Gasteiger partial charge < -0.3 is 0 Å². The molecule has 84 valence electrons. The Morgan fingerprint density at radius 3 is 2.44 bits per heavy atom. The van der Waals surface area contributed by atoms with E-state index in [1.54, 1.807) is 29.1 Å². The van der Waals surface area contributed by atoms with E-state index in [2.05, 4.69) is 25.9 Å². The summed E-state index contributed by atoms with van der Waals surface area (Å²) in [5, 5.41) is 4.19. The van der Waals surface area contributed by atoms with Crippen molar-refractivity contribution in [3.63, 3.8) is 0 Å². The van der Waals surface area contributed by atoms with E-state index in [1.165, 1.54) is 6.07 Å². The Kier molecular flexibility index (Phi) is 2.54. The normalized spacial score (nSPS) is 11.8. The van der Waals surface area contributed by atoms with Gasteiger partial charge in [-0.05, 0) is 23.1 Å². The quantitative estimate of drug-likeness (QED) is 0.718. The summed E-state index contributed by atoms with van der Waals surface area (Å²) in [6.07, 6.45) is 3.66. The van der Waals surface area contributed by atoms with Gasteiger partial charge in [-0.1, -0.05) is 32.9 Å². The van der Waals surface area contributed by atoms with Crippen LogP contribution in [0, 0.1) is 5.82 Å². The molecule has 0 atom stereocenters. The van der Waals surface area contributed by atoms with Crippen molar-refractivity contribution >= 4 is 0 Å². The van der Waals surface area contributed by atoms with E-state index in [4.69, 9.17) is 0 Å². The molecule has 0 radical (unpaired) electrons. The van der Waals surface area contributed by atoms with Crippen LogP contribution in [0.25, 0.3) is 5.69 Å². The first-order valence-electron chi connectivity index (χ1n) is 5.28. The lowest BCUT2D eigenvalue weighted by molar-refractivity contribution is 0.588. The second-order valence-corrected chi connectivity index (χ2v) is 4.87. The molecule has 0 saturated heterocycles. The maximum Gasteiger partial charge on any atom is 0.148 e. The summed E-state index contributed by atoms with van der Waals surface area (Å²) in [6.45, 7) is 6.32. The first kappa shape index (κ1) is 10.9. The average molecular weight is 218 g/mol. The number of benzene rings is 1. The van der Waals surface area contributed by atoms with Crippen LogP contribution in [0.1, 0.15) is 26.3 Å². The lowest BCUT2D eigenvalue weighted by atomic mass is 9.90. The number of halogens is 1. The van der Waals surface area contributed by atoms with Crippen molar-refractivity contribution in [2.45, 2.75) is 26.2 Å². The molecule has 0 unspecified atom stereocenters. The van der Waals surface area contributed by atoms with Gasteiger partial charge in [0, 0.05) is 6.20 Å². The average Bonchev–Trinajstić information content (AvgIpc) is 2.66. The molecule has 2 nitrogen and oxygen atoms in total. The van der Waals surface area contributed by atoms with Crippen LogP contribution in [0.3, 0.4) is 0 Å². The number of hydrogen-bond acceptors (Lipinski definition) is 1. The minimum Gasteiger partial charge on any atom is -0.238 e. The van der Waals surface area contributed by atoms with Crippen molar-refractivity contribution in [3.05, 3.63) is 48.0 Å². The van der Waals surface area contributed by atoms with Crippen LogP contribution in [0.4, 0.5) is 4.39 Å². The fourth-order valence-corrected chi connectivity index (χ4v) is 1.48. The summed E-state index contributed by atoms with van der Waals surface area (Å²) in [4.78, 5) is 0. The summed E-state index contributed by atoms with van der Waals surface area (Å²) < 4.78 is 15.1. The number of hydrogen-bond donors (Lipinski definition) is 0. The number of aromatic nitrogens is 2. The second-order valence-electron chi connectivity index (χ2n) is 4.87. The Morgan fingerprint density at radius 1 is 1.19 bits per heavy atom. The molecule has 0 aliphatic heterocycles. The van der Waals surface area contributed by atoms with E-state index in [0.29, 0.717) is 5.69 Å².